The Kier molecular flexibility index (Phi) is 5.00. The van der Waals surface area contributed by atoms with E-state index in [0.717, 1.165) is 12.8 Å². The first kappa shape index (κ1) is 13.2. The van der Waals surface area contributed by atoms with Crippen molar-refractivity contribution in [3.05, 3.63) is 11.6 Å². The maximum Gasteiger partial charge on any atom is 0.319 e. The van der Waals surface area contributed by atoms with E-state index in [4.69, 9.17) is 16.3 Å². The zero-order valence-corrected chi connectivity index (χ0v) is 10.3. The molecule has 0 bridgehead atoms. The smallest absolute Gasteiger partial charge is 0.319 e. The third-order valence-corrected chi connectivity index (χ3v) is 3.19. The normalized spacial score (nSPS) is 26.0. The van der Waals surface area contributed by atoms with Crippen molar-refractivity contribution < 1.29 is 14.3 Å². The van der Waals surface area contributed by atoms with Gasteiger partial charge in [-0.2, -0.15) is 0 Å². The van der Waals surface area contributed by atoms with Crippen LogP contribution < -0.4 is 0 Å². The first-order valence-corrected chi connectivity index (χ1v) is 6.07. The van der Waals surface area contributed by atoms with Crippen LogP contribution in [0.3, 0.4) is 0 Å². The number of esters is 1. The van der Waals surface area contributed by atoms with Crippen molar-refractivity contribution >= 4 is 23.4 Å². The first-order valence-electron chi connectivity index (χ1n) is 5.63. The van der Waals surface area contributed by atoms with Gasteiger partial charge in [-0.3, -0.25) is 9.59 Å². The molecule has 0 radical (unpaired) electrons. The van der Waals surface area contributed by atoms with Gasteiger partial charge in [0.1, 0.15) is 5.41 Å². The minimum Gasteiger partial charge on any atom is -0.465 e. The Bertz CT molecular complexity index is 299. The van der Waals surface area contributed by atoms with Crippen molar-refractivity contribution in [3.8, 4) is 0 Å². The fourth-order valence-corrected chi connectivity index (χ4v) is 2.21. The van der Waals surface area contributed by atoms with Crippen LogP contribution in [0, 0.1) is 5.41 Å². The molecule has 1 unspecified atom stereocenters. The lowest BCUT2D eigenvalue weighted by Gasteiger charge is -2.32. The number of hydrogen-bond acceptors (Lipinski definition) is 3. The Balaban J connectivity index is 2.89. The average Bonchev–Trinajstić information content (AvgIpc) is 2.28. The molecule has 1 rings (SSSR count). The molecule has 0 spiro atoms. The van der Waals surface area contributed by atoms with Gasteiger partial charge < -0.3 is 4.74 Å². The lowest BCUT2D eigenvalue weighted by molar-refractivity contribution is -0.162. The summed E-state index contributed by atoms with van der Waals surface area (Å²) in [5.41, 5.74) is 0.377. The van der Waals surface area contributed by atoms with Gasteiger partial charge in [-0.15, -0.1) is 0 Å². The lowest BCUT2D eigenvalue weighted by atomic mass is 9.71. The number of ether oxygens (including phenoxy) is 1. The van der Waals surface area contributed by atoms with E-state index in [0.29, 0.717) is 25.9 Å². The molecule has 1 fully saturated rings. The van der Waals surface area contributed by atoms with E-state index in [1.165, 1.54) is 5.54 Å². The summed E-state index contributed by atoms with van der Waals surface area (Å²) in [5.74, 6) is -0.401. The highest BCUT2D eigenvalue weighted by atomic mass is 35.5. The van der Waals surface area contributed by atoms with Crippen molar-refractivity contribution in [3.63, 3.8) is 0 Å². The molecule has 16 heavy (non-hydrogen) atoms. The molecule has 0 aliphatic heterocycles. The van der Waals surface area contributed by atoms with E-state index < -0.39 is 11.4 Å². The minimum atomic E-state index is -0.973. The number of Topliss-reactive ketones (excluding diaryl/α,β-unsaturated/α-hetero) is 1. The third kappa shape index (κ3) is 2.64. The highest BCUT2D eigenvalue weighted by molar-refractivity contribution is 6.25. The molecule has 4 heteroatoms. The molecule has 0 aromatic heterocycles. The van der Waals surface area contributed by atoms with E-state index in [9.17, 15) is 9.59 Å². The number of hydrogen-bond donors (Lipinski definition) is 0. The number of allylic oxidation sites excluding steroid dienone is 1. The second-order valence-corrected chi connectivity index (χ2v) is 4.25. The molecule has 0 saturated heterocycles. The molecule has 0 heterocycles. The van der Waals surface area contributed by atoms with Gasteiger partial charge in [0, 0.05) is 12.0 Å². The topological polar surface area (TPSA) is 43.4 Å². The Morgan fingerprint density at radius 2 is 2.31 bits per heavy atom. The van der Waals surface area contributed by atoms with Crippen molar-refractivity contribution in [1.82, 2.24) is 0 Å². The summed E-state index contributed by atoms with van der Waals surface area (Å²) in [4.78, 5) is 23.9. The summed E-state index contributed by atoms with van der Waals surface area (Å²) in [6.45, 7) is 2.05. The second kappa shape index (κ2) is 6.04. The maximum atomic E-state index is 12.0. The van der Waals surface area contributed by atoms with Crippen LogP contribution in [0.1, 0.15) is 39.0 Å². The van der Waals surface area contributed by atoms with Crippen LogP contribution in [0.4, 0.5) is 0 Å². The van der Waals surface area contributed by atoms with Crippen LogP contribution in [0.2, 0.25) is 0 Å². The first-order chi connectivity index (χ1) is 7.67. The van der Waals surface area contributed by atoms with E-state index in [-0.39, 0.29) is 5.78 Å². The second-order valence-electron chi connectivity index (χ2n) is 4.00. The molecule has 90 valence electrons. The van der Waals surface area contributed by atoms with E-state index >= 15 is 0 Å². The molecule has 0 aromatic carbocycles. The fourth-order valence-electron chi connectivity index (χ4n) is 2.12. The average molecular weight is 245 g/mol. The standard InChI is InChI=1S/C12H17ClO3/c1-2-16-11(15)12(8-5-9-13)7-4-3-6-10(12)14/h5,9H,2-4,6-8H2,1H3/b9-5+. The van der Waals surface area contributed by atoms with Gasteiger partial charge in [0.15, 0.2) is 5.78 Å². The molecule has 1 aliphatic carbocycles. The van der Waals surface area contributed by atoms with Gasteiger partial charge >= 0.3 is 5.97 Å². The van der Waals surface area contributed by atoms with Crippen LogP contribution in [-0.2, 0) is 14.3 Å². The summed E-state index contributed by atoms with van der Waals surface area (Å²) in [7, 11) is 0. The van der Waals surface area contributed by atoms with Crippen molar-refractivity contribution in [1.29, 1.82) is 0 Å². The summed E-state index contributed by atoms with van der Waals surface area (Å²) in [5, 5.41) is 0. The van der Waals surface area contributed by atoms with Gasteiger partial charge in [-0.1, -0.05) is 24.1 Å². The molecule has 0 N–H and O–H groups in total. The fraction of sp³-hybridized carbons (Fsp3) is 0.667. The highest BCUT2D eigenvalue weighted by Gasteiger charge is 2.46. The number of rotatable bonds is 4. The van der Waals surface area contributed by atoms with E-state index in [1.54, 1.807) is 13.0 Å². The van der Waals surface area contributed by atoms with Gasteiger partial charge in [0.2, 0.25) is 0 Å². The van der Waals surface area contributed by atoms with Crippen molar-refractivity contribution in [2.75, 3.05) is 6.61 Å². The third-order valence-electron chi connectivity index (χ3n) is 3.01. The van der Waals surface area contributed by atoms with Crippen LogP contribution in [0.25, 0.3) is 0 Å². The number of carbonyl (C=O) groups excluding carboxylic acids is 2. The van der Waals surface area contributed by atoms with Gasteiger partial charge in [-0.25, -0.2) is 0 Å². The molecule has 0 aromatic rings. The quantitative estimate of drug-likeness (QED) is 0.564. The van der Waals surface area contributed by atoms with Crippen LogP contribution in [0.5, 0.6) is 0 Å². The lowest BCUT2D eigenvalue weighted by Crippen LogP contribution is -2.42. The van der Waals surface area contributed by atoms with Crippen LogP contribution in [0.15, 0.2) is 11.6 Å². The monoisotopic (exact) mass is 244 g/mol. The van der Waals surface area contributed by atoms with Crippen molar-refractivity contribution in [2.45, 2.75) is 39.0 Å². The Labute approximate surface area is 101 Å². The Morgan fingerprint density at radius 1 is 1.56 bits per heavy atom. The molecule has 0 amide bonds. The Morgan fingerprint density at radius 3 is 2.88 bits per heavy atom. The summed E-state index contributed by atoms with van der Waals surface area (Å²) in [6.07, 6.45) is 4.81. The predicted octanol–water partition coefficient (Wildman–Crippen LogP) is 2.82. The zero-order valence-electron chi connectivity index (χ0n) is 9.50. The Hall–Kier alpha value is -0.830. The zero-order chi connectivity index (χ0) is 12.0. The SMILES string of the molecule is CCOC(=O)C1(C/C=C/Cl)CCCCC1=O. The van der Waals surface area contributed by atoms with Crippen molar-refractivity contribution in [2.24, 2.45) is 5.41 Å². The van der Waals surface area contributed by atoms with Gasteiger partial charge in [0.25, 0.3) is 0 Å². The highest BCUT2D eigenvalue weighted by Crippen LogP contribution is 2.38. The number of halogens is 1. The molecule has 3 nitrogen and oxygen atoms in total. The molecular formula is C12H17ClO3. The van der Waals surface area contributed by atoms with Gasteiger partial charge in [-0.05, 0) is 26.2 Å². The minimum absolute atomic E-state index is 0.00744. The predicted molar refractivity (Wildman–Crippen MR) is 62.2 cm³/mol. The van der Waals surface area contributed by atoms with Gasteiger partial charge in [0.05, 0.1) is 6.61 Å². The molecule has 1 atom stereocenters. The summed E-state index contributed by atoms with van der Waals surface area (Å²) < 4.78 is 5.02. The van der Waals surface area contributed by atoms with E-state index in [1.807, 2.05) is 0 Å². The molecular weight excluding hydrogens is 228 g/mol. The number of ketones is 1. The number of carbonyl (C=O) groups is 2. The van der Waals surface area contributed by atoms with Crippen LogP contribution in [-0.4, -0.2) is 18.4 Å². The van der Waals surface area contributed by atoms with E-state index in [2.05, 4.69) is 0 Å². The van der Waals surface area contributed by atoms with Crippen LogP contribution >= 0.6 is 11.6 Å². The summed E-state index contributed by atoms with van der Waals surface area (Å²) >= 11 is 5.47. The molecule has 1 aliphatic rings. The summed E-state index contributed by atoms with van der Waals surface area (Å²) in [6, 6.07) is 0. The molecule has 1 saturated carbocycles. The maximum absolute atomic E-state index is 12.0. The largest absolute Gasteiger partial charge is 0.465 e.